The second-order valence-electron chi connectivity index (χ2n) is 2.25. The Bertz CT molecular complexity index is 314. The molecule has 1 rings (SSSR count). The summed E-state index contributed by atoms with van der Waals surface area (Å²) in [6.45, 7) is -0.120. The van der Waals surface area contributed by atoms with E-state index in [4.69, 9.17) is 17.3 Å². The van der Waals surface area contributed by atoms with Crippen LogP contribution in [0, 0.1) is 5.82 Å². The molecule has 0 aromatic heterocycles. The van der Waals surface area contributed by atoms with Gasteiger partial charge in [-0.05, 0) is 18.2 Å². The molecule has 0 radical (unpaired) electrons. The van der Waals surface area contributed by atoms with Crippen molar-refractivity contribution < 1.29 is 9.18 Å². The van der Waals surface area contributed by atoms with Crippen LogP contribution in [0.2, 0.25) is 5.02 Å². The molecule has 0 spiro atoms. The Morgan fingerprint density at radius 3 is 2.75 bits per heavy atom. The Morgan fingerprint density at radius 2 is 2.25 bits per heavy atom. The smallest absolute Gasteiger partial charge is 0.177 e. The molecule has 0 atom stereocenters. The molecular weight excluding hydrogens is 181 g/mol. The number of benzene rings is 1. The highest BCUT2D eigenvalue weighted by Gasteiger charge is 2.08. The van der Waals surface area contributed by atoms with Crippen LogP contribution in [0.25, 0.3) is 0 Å². The Kier molecular flexibility index (Phi) is 2.78. The highest BCUT2D eigenvalue weighted by molar-refractivity contribution is 6.34. The molecule has 0 aliphatic heterocycles. The topological polar surface area (TPSA) is 43.1 Å². The average molecular weight is 188 g/mol. The SMILES string of the molecule is NCC(=O)c1ccc(F)cc1Cl. The van der Waals surface area contributed by atoms with Crippen molar-refractivity contribution in [3.8, 4) is 0 Å². The van der Waals surface area contributed by atoms with E-state index >= 15 is 0 Å². The number of carbonyl (C=O) groups excluding carboxylic acids is 1. The number of ketones is 1. The zero-order valence-corrected chi connectivity index (χ0v) is 6.94. The van der Waals surface area contributed by atoms with Gasteiger partial charge in [-0.2, -0.15) is 0 Å². The summed E-state index contributed by atoms with van der Waals surface area (Å²) in [5.41, 5.74) is 5.37. The molecule has 0 heterocycles. The number of carbonyl (C=O) groups is 1. The molecule has 0 bridgehead atoms. The maximum atomic E-state index is 12.5. The van der Waals surface area contributed by atoms with Crippen LogP contribution >= 0.6 is 11.6 Å². The lowest BCUT2D eigenvalue weighted by Gasteiger charge is -1.99. The molecule has 12 heavy (non-hydrogen) atoms. The summed E-state index contributed by atoms with van der Waals surface area (Å²) in [4.78, 5) is 11.0. The fourth-order valence-corrected chi connectivity index (χ4v) is 1.10. The third kappa shape index (κ3) is 1.81. The molecule has 2 nitrogen and oxygen atoms in total. The largest absolute Gasteiger partial charge is 0.324 e. The quantitative estimate of drug-likeness (QED) is 0.715. The Hall–Kier alpha value is -0.930. The number of halogens is 2. The van der Waals surface area contributed by atoms with E-state index in [1.807, 2.05) is 0 Å². The molecule has 0 saturated carbocycles. The Morgan fingerprint density at radius 1 is 1.58 bits per heavy atom. The van der Waals surface area contributed by atoms with Crippen LogP contribution in [-0.4, -0.2) is 12.3 Å². The van der Waals surface area contributed by atoms with Crippen LogP contribution in [0.15, 0.2) is 18.2 Å². The van der Waals surface area contributed by atoms with E-state index in [2.05, 4.69) is 0 Å². The van der Waals surface area contributed by atoms with E-state index < -0.39 is 5.82 Å². The highest BCUT2D eigenvalue weighted by atomic mass is 35.5. The van der Waals surface area contributed by atoms with Crippen molar-refractivity contribution in [3.05, 3.63) is 34.6 Å². The van der Waals surface area contributed by atoms with Crippen molar-refractivity contribution in [3.63, 3.8) is 0 Å². The molecule has 0 saturated heterocycles. The first-order valence-electron chi connectivity index (χ1n) is 3.33. The standard InChI is InChI=1S/C8H7ClFNO/c9-7-3-5(10)1-2-6(7)8(12)4-11/h1-3H,4,11H2. The van der Waals surface area contributed by atoms with Crippen LogP contribution in [-0.2, 0) is 0 Å². The van der Waals surface area contributed by atoms with Crippen LogP contribution in [0.4, 0.5) is 4.39 Å². The van der Waals surface area contributed by atoms with E-state index in [1.165, 1.54) is 12.1 Å². The number of Topliss-reactive ketones (excluding diaryl/α,β-unsaturated/α-hetero) is 1. The van der Waals surface area contributed by atoms with Gasteiger partial charge in [0.1, 0.15) is 5.82 Å². The van der Waals surface area contributed by atoms with Crippen molar-refractivity contribution in [1.82, 2.24) is 0 Å². The fourth-order valence-electron chi connectivity index (χ4n) is 0.826. The summed E-state index contributed by atoms with van der Waals surface area (Å²) in [6, 6.07) is 3.59. The molecule has 1 aromatic carbocycles. The molecule has 2 N–H and O–H groups in total. The second kappa shape index (κ2) is 3.65. The maximum absolute atomic E-state index is 12.5. The summed E-state index contributed by atoms with van der Waals surface area (Å²) in [7, 11) is 0. The van der Waals surface area contributed by atoms with Gasteiger partial charge in [0.15, 0.2) is 5.78 Å². The monoisotopic (exact) mass is 187 g/mol. The maximum Gasteiger partial charge on any atom is 0.177 e. The first-order chi connectivity index (χ1) is 5.65. The van der Waals surface area contributed by atoms with Gasteiger partial charge in [0.05, 0.1) is 11.6 Å². The molecular formula is C8H7ClFNO. The van der Waals surface area contributed by atoms with E-state index in [0.29, 0.717) is 0 Å². The third-order valence-corrected chi connectivity index (χ3v) is 1.73. The molecule has 64 valence electrons. The third-order valence-electron chi connectivity index (χ3n) is 1.42. The van der Waals surface area contributed by atoms with Crippen molar-refractivity contribution >= 4 is 17.4 Å². The van der Waals surface area contributed by atoms with E-state index in [-0.39, 0.29) is 22.9 Å². The first-order valence-corrected chi connectivity index (χ1v) is 3.71. The minimum absolute atomic E-state index is 0.102. The van der Waals surface area contributed by atoms with E-state index in [1.54, 1.807) is 0 Å². The van der Waals surface area contributed by atoms with Gasteiger partial charge in [-0.1, -0.05) is 11.6 Å². The van der Waals surface area contributed by atoms with Crippen molar-refractivity contribution in [2.45, 2.75) is 0 Å². The van der Waals surface area contributed by atoms with Gasteiger partial charge < -0.3 is 5.73 Å². The van der Waals surface area contributed by atoms with Crippen LogP contribution < -0.4 is 5.73 Å². The summed E-state index contributed by atoms with van der Waals surface area (Å²) in [6.07, 6.45) is 0. The Labute approximate surface area is 74.1 Å². The minimum atomic E-state index is -0.464. The summed E-state index contributed by atoms with van der Waals surface area (Å²) >= 11 is 5.59. The molecule has 4 heteroatoms. The van der Waals surface area contributed by atoms with Crippen LogP contribution in [0.5, 0.6) is 0 Å². The summed E-state index contributed by atoms with van der Waals surface area (Å²) in [5.74, 6) is -0.756. The predicted molar refractivity (Wildman–Crippen MR) is 44.8 cm³/mol. The molecule has 0 unspecified atom stereocenters. The van der Waals surface area contributed by atoms with Crippen LogP contribution in [0.1, 0.15) is 10.4 Å². The zero-order chi connectivity index (χ0) is 9.14. The highest BCUT2D eigenvalue weighted by Crippen LogP contribution is 2.17. The minimum Gasteiger partial charge on any atom is -0.324 e. The second-order valence-corrected chi connectivity index (χ2v) is 2.66. The fraction of sp³-hybridized carbons (Fsp3) is 0.125. The zero-order valence-electron chi connectivity index (χ0n) is 6.18. The molecule has 0 aliphatic carbocycles. The van der Waals surface area contributed by atoms with Crippen molar-refractivity contribution in [2.24, 2.45) is 5.73 Å². The van der Waals surface area contributed by atoms with E-state index in [0.717, 1.165) is 6.07 Å². The lowest BCUT2D eigenvalue weighted by atomic mass is 10.1. The summed E-state index contributed by atoms with van der Waals surface area (Å²) < 4.78 is 12.5. The van der Waals surface area contributed by atoms with Gasteiger partial charge in [0.2, 0.25) is 0 Å². The number of hydrogen-bond acceptors (Lipinski definition) is 2. The van der Waals surface area contributed by atoms with Gasteiger partial charge in [0, 0.05) is 5.56 Å². The Balaban J connectivity index is 3.09. The lowest BCUT2D eigenvalue weighted by Crippen LogP contribution is -2.13. The molecule has 1 aromatic rings. The van der Waals surface area contributed by atoms with Crippen molar-refractivity contribution in [1.29, 1.82) is 0 Å². The van der Waals surface area contributed by atoms with Gasteiger partial charge in [0.25, 0.3) is 0 Å². The van der Waals surface area contributed by atoms with Gasteiger partial charge >= 0.3 is 0 Å². The summed E-state index contributed by atoms with van der Waals surface area (Å²) in [5, 5.41) is 0.102. The normalized spacial score (nSPS) is 9.92. The predicted octanol–water partition coefficient (Wildman–Crippen LogP) is 1.62. The molecule has 0 amide bonds. The molecule has 0 aliphatic rings. The van der Waals surface area contributed by atoms with Crippen LogP contribution in [0.3, 0.4) is 0 Å². The average Bonchev–Trinajstić information content (AvgIpc) is 2.03. The number of rotatable bonds is 2. The van der Waals surface area contributed by atoms with Gasteiger partial charge in [-0.25, -0.2) is 4.39 Å². The molecule has 0 fully saturated rings. The number of nitrogens with two attached hydrogens (primary N) is 1. The van der Waals surface area contributed by atoms with E-state index in [9.17, 15) is 9.18 Å². The van der Waals surface area contributed by atoms with Gasteiger partial charge in [-0.3, -0.25) is 4.79 Å². The first kappa shape index (κ1) is 9.16. The van der Waals surface area contributed by atoms with Gasteiger partial charge in [-0.15, -0.1) is 0 Å². The number of hydrogen-bond donors (Lipinski definition) is 1. The lowest BCUT2D eigenvalue weighted by molar-refractivity contribution is 0.100. The van der Waals surface area contributed by atoms with Crippen molar-refractivity contribution in [2.75, 3.05) is 6.54 Å².